The first-order valence-corrected chi connectivity index (χ1v) is 10.2. The van der Waals surface area contributed by atoms with Crippen LogP contribution in [-0.2, 0) is 9.53 Å². The molecular formula is C23H25N3O4. The number of carbonyl (C=O) groups is 2. The molecule has 156 valence electrons. The summed E-state index contributed by atoms with van der Waals surface area (Å²) in [6, 6.07) is 13.2. The third-order valence-electron chi connectivity index (χ3n) is 5.28. The van der Waals surface area contributed by atoms with Gasteiger partial charge in [-0.1, -0.05) is 12.1 Å². The number of carbonyl (C=O) groups excluding carboxylic acids is 2. The second-order valence-corrected chi connectivity index (χ2v) is 7.49. The van der Waals surface area contributed by atoms with Crippen LogP contribution in [-0.4, -0.2) is 46.3 Å². The molecule has 1 atom stereocenters. The van der Waals surface area contributed by atoms with Gasteiger partial charge in [-0.3, -0.25) is 9.59 Å². The van der Waals surface area contributed by atoms with Crippen LogP contribution in [0.2, 0.25) is 0 Å². The maximum atomic E-state index is 13.5. The van der Waals surface area contributed by atoms with E-state index >= 15 is 0 Å². The van der Waals surface area contributed by atoms with E-state index < -0.39 is 0 Å². The Morgan fingerprint density at radius 3 is 2.83 bits per heavy atom. The van der Waals surface area contributed by atoms with Crippen molar-refractivity contribution in [1.82, 2.24) is 14.7 Å². The van der Waals surface area contributed by atoms with Crippen molar-refractivity contribution in [1.29, 1.82) is 0 Å². The van der Waals surface area contributed by atoms with Crippen molar-refractivity contribution in [3.63, 3.8) is 0 Å². The molecule has 4 rings (SSSR count). The lowest BCUT2D eigenvalue weighted by Gasteiger charge is -2.31. The number of aryl methyl sites for hydroxylation is 1. The van der Waals surface area contributed by atoms with E-state index in [1.165, 1.54) is 0 Å². The molecule has 30 heavy (non-hydrogen) atoms. The minimum absolute atomic E-state index is 0.157. The van der Waals surface area contributed by atoms with Gasteiger partial charge in [-0.05, 0) is 56.5 Å². The molecule has 0 spiro atoms. The fourth-order valence-corrected chi connectivity index (χ4v) is 3.81. The van der Waals surface area contributed by atoms with Crippen molar-refractivity contribution in [2.75, 3.05) is 19.7 Å². The molecule has 2 aromatic heterocycles. The summed E-state index contributed by atoms with van der Waals surface area (Å²) in [4.78, 5) is 27.4. The predicted molar refractivity (Wildman–Crippen MR) is 111 cm³/mol. The standard InChI is InChI=1S/C23H25N3O4/c1-3-29-23(28)17-8-5-11-25(15-17)22(27)20-14-19(21-10-6-12-30-21)24-26(20)18-9-4-7-16(2)13-18/h4,6-7,9-10,12-14,17H,3,5,8,11,15H2,1-2H3. The Morgan fingerprint density at radius 2 is 2.10 bits per heavy atom. The van der Waals surface area contributed by atoms with Gasteiger partial charge in [0.05, 0.1) is 24.5 Å². The SMILES string of the molecule is CCOC(=O)C1CCCN(C(=O)c2cc(-c3ccco3)nn2-c2cccc(C)c2)C1. The summed E-state index contributed by atoms with van der Waals surface area (Å²) in [5.74, 6) is -0.0877. The van der Waals surface area contributed by atoms with Gasteiger partial charge in [0, 0.05) is 19.2 Å². The summed E-state index contributed by atoms with van der Waals surface area (Å²) in [7, 11) is 0. The molecular weight excluding hydrogens is 382 g/mol. The fourth-order valence-electron chi connectivity index (χ4n) is 3.81. The molecule has 3 aromatic rings. The summed E-state index contributed by atoms with van der Waals surface area (Å²) >= 11 is 0. The molecule has 7 nitrogen and oxygen atoms in total. The number of hydrogen-bond donors (Lipinski definition) is 0. The zero-order valence-corrected chi connectivity index (χ0v) is 17.2. The van der Waals surface area contributed by atoms with Gasteiger partial charge >= 0.3 is 5.97 Å². The first kappa shape index (κ1) is 19.9. The minimum atomic E-state index is -0.289. The van der Waals surface area contributed by atoms with Gasteiger partial charge in [-0.15, -0.1) is 0 Å². The predicted octanol–water partition coefficient (Wildman–Crippen LogP) is 3.86. The van der Waals surface area contributed by atoms with Crippen LogP contribution >= 0.6 is 0 Å². The third kappa shape index (κ3) is 4.01. The van der Waals surface area contributed by atoms with Crippen LogP contribution in [0.3, 0.4) is 0 Å². The number of amides is 1. The number of furan rings is 1. The molecule has 1 aromatic carbocycles. The van der Waals surface area contributed by atoms with Gasteiger partial charge < -0.3 is 14.1 Å². The van der Waals surface area contributed by atoms with Gasteiger partial charge in [0.15, 0.2) is 5.76 Å². The highest BCUT2D eigenvalue weighted by Gasteiger charge is 2.31. The Kier molecular flexibility index (Phi) is 5.70. The van der Waals surface area contributed by atoms with Crippen LogP contribution in [0.4, 0.5) is 0 Å². The smallest absolute Gasteiger partial charge is 0.310 e. The maximum Gasteiger partial charge on any atom is 0.310 e. The molecule has 0 saturated carbocycles. The first-order valence-electron chi connectivity index (χ1n) is 10.2. The normalized spacial score (nSPS) is 16.5. The largest absolute Gasteiger partial charge is 0.466 e. The van der Waals surface area contributed by atoms with Crippen LogP contribution in [0.5, 0.6) is 0 Å². The second kappa shape index (κ2) is 8.57. The molecule has 1 saturated heterocycles. The number of nitrogens with zero attached hydrogens (tertiary/aromatic N) is 3. The van der Waals surface area contributed by atoms with E-state index in [-0.39, 0.29) is 17.8 Å². The number of aromatic nitrogens is 2. The zero-order valence-electron chi connectivity index (χ0n) is 17.2. The average Bonchev–Trinajstić information content (AvgIpc) is 3.43. The Hall–Kier alpha value is -3.35. The monoisotopic (exact) mass is 407 g/mol. The van der Waals surface area contributed by atoms with Gasteiger partial charge in [0.25, 0.3) is 5.91 Å². The number of benzene rings is 1. The molecule has 1 unspecified atom stereocenters. The molecule has 1 fully saturated rings. The van der Waals surface area contributed by atoms with Gasteiger partial charge in [-0.25, -0.2) is 4.68 Å². The van der Waals surface area contributed by atoms with Crippen LogP contribution < -0.4 is 0 Å². The van der Waals surface area contributed by atoms with Crippen LogP contribution in [0.1, 0.15) is 35.8 Å². The number of esters is 1. The second-order valence-electron chi connectivity index (χ2n) is 7.49. The maximum absolute atomic E-state index is 13.5. The highest BCUT2D eigenvalue weighted by molar-refractivity contribution is 5.94. The van der Waals surface area contributed by atoms with E-state index in [1.54, 1.807) is 34.9 Å². The summed E-state index contributed by atoms with van der Waals surface area (Å²) < 4.78 is 12.3. The Bertz CT molecular complexity index is 1040. The number of hydrogen-bond acceptors (Lipinski definition) is 5. The van der Waals surface area contributed by atoms with E-state index in [0.717, 1.165) is 24.1 Å². The van der Waals surface area contributed by atoms with Gasteiger partial charge in [0.2, 0.25) is 0 Å². The molecule has 7 heteroatoms. The number of ether oxygens (including phenoxy) is 1. The van der Waals surface area contributed by atoms with Crippen molar-refractivity contribution in [3.8, 4) is 17.1 Å². The Labute approximate surface area is 175 Å². The number of likely N-dealkylation sites (tertiary alicyclic amines) is 1. The minimum Gasteiger partial charge on any atom is -0.466 e. The zero-order chi connectivity index (χ0) is 21.1. The fraction of sp³-hybridized carbons (Fsp3) is 0.348. The van der Waals surface area contributed by atoms with Crippen molar-refractivity contribution in [2.24, 2.45) is 5.92 Å². The number of piperidine rings is 1. The van der Waals surface area contributed by atoms with Crippen LogP contribution in [0, 0.1) is 12.8 Å². The van der Waals surface area contributed by atoms with Crippen molar-refractivity contribution >= 4 is 11.9 Å². The summed E-state index contributed by atoms with van der Waals surface area (Å²) in [5, 5.41) is 4.65. The van der Waals surface area contributed by atoms with E-state index in [0.29, 0.717) is 36.8 Å². The first-order chi connectivity index (χ1) is 14.6. The Morgan fingerprint density at radius 1 is 1.23 bits per heavy atom. The highest BCUT2D eigenvalue weighted by atomic mass is 16.5. The Balaban J connectivity index is 1.68. The third-order valence-corrected chi connectivity index (χ3v) is 5.28. The van der Waals surface area contributed by atoms with Gasteiger partial charge in [-0.2, -0.15) is 5.10 Å². The highest BCUT2D eigenvalue weighted by Crippen LogP contribution is 2.26. The lowest BCUT2D eigenvalue weighted by Crippen LogP contribution is -2.43. The van der Waals surface area contributed by atoms with Crippen molar-refractivity contribution in [2.45, 2.75) is 26.7 Å². The van der Waals surface area contributed by atoms with E-state index in [1.807, 2.05) is 37.3 Å². The van der Waals surface area contributed by atoms with Crippen LogP contribution in [0.25, 0.3) is 17.1 Å². The molecule has 1 amide bonds. The lowest BCUT2D eigenvalue weighted by molar-refractivity contribution is -0.149. The van der Waals surface area contributed by atoms with Crippen LogP contribution in [0.15, 0.2) is 53.1 Å². The molecule has 1 aliphatic rings. The summed E-state index contributed by atoms with van der Waals surface area (Å²) in [5.41, 5.74) is 2.90. The molecule has 0 aliphatic carbocycles. The van der Waals surface area contributed by atoms with E-state index in [9.17, 15) is 9.59 Å². The quantitative estimate of drug-likeness (QED) is 0.600. The molecule has 1 aliphatic heterocycles. The molecule has 0 bridgehead atoms. The number of rotatable bonds is 5. The molecule has 3 heterocycles. The van der Waals surface area contributed by atoms with Crippen molar-refractivity contribution < 1.29 is 18.7 Å². The molecule has 0 radical (unpaired) electrons. The average molecular weight is 407 g/mol. The summed E-state index contributed by atoms with van der Waals surface area (Å²) in [6.07, 6.45) is 3.08. The van der Waals surface area contributed by atoms with Crippen molar-refractivity contribution in [3.05, 3.63) is 60.0 Å². The lowest BCUT2D eigenvalue weighted by atomic mass is 9.98. The van der Waals surface area contributed by atoms with Gasteiger partial charge in [0.1, 0.15) is 11.4 Å². The summed E-state index contributed by atoms with van der Waals surface area (Å²) in [6.45, 7) is 5.09. The molecule has 0 N–H and O–H groups in total. The van der Waals surface area contributed by atoms with E-state index in [2.05, 4.69) is 5.10 Å². The topological polar surface area (TPSA) is 77.6 Å². The van der Waals surface area contributed by atoms with E-state index in [4.69, 9.17) is 9.15 Å².